The van der Waals surface area contributed by atoms with Crippen LogP contribution in [-0.2, 0) is 16.6 Å². The summed E-state index contributed by atoms with van der Waals surface area (Å²) in [6.07, 6.45) is 1.55. The van der Waals surface area contributed by atoms with Gasteiger partial charge in [-0.1, -0.05) is 6.92 Å². The lowest BCUT2D eigenvalue weighted by Crippen LogP contribution is -2.37. The minimum atomic E-state index is -3.57. The first-order valence-electron chi connectivity index (χ1n) is 5.93. The van der Waals surface area contributed by atoms with E-state index in [0.717, 1.165) is 0 Å². The molecule has 0 aromatic carbocycles. The van der Waals surface area contributed by atoms with Crippen molar-refractivity contribution in [3.8, 4) is 0 Å². The third-order valence-electron chi connectivity index (χ3n) is 3.01. The van der Waals surface area contributed by atoms with Crippen molar-refractivity contribution >= 4 is 21.6 Å². The summed E-state index contributed by atoms with van der Waals surface area (Å²) in [5.41, 5.74) is 0. The third kappa shape index (κ3) is 3.46. The second kappa shape index (κ2) is 6.04. The Balaban J connectivity index is 2.92. The standard InChI is InChI=1S/C11H20ClN3O2S/c1-5-15-7-11(13-10(15)4)18(16,17)14-9(3)8(2)6-12/h7-9,14H,5-6H2,1-4H3. The Labute approximate surface area is 114 Å². The molecule has 0 saturated heterocycles. The zero-order valence-corrected chi connectivity index (χ0v) is 12.7. The van der Waals surface area contributed by atoms with Crippen molar-refractivity contribution in [1.29, 1.82) is 0 Å². The van der Waals surface area contributed by atoms with E-state index in [1.54, 1.807) is 24.6 Å². The van der Waals surface area contributed by atoms with Gasteiger partial charge in [-0.25, -0.2) is 18.1 Å². The topological polar surface area (TPSA) is 64.0 Å². The van der Waals surface area contributed by atoms with Crippen LogP contribution >= 0.6 is 11.6 Å². The first kappa shape index (κ1) is 15.5. The van der Waals surface area contributed by atoms with E-state index in [1.807, 2.05) is 13.8 Å². The molecule has 0 aliphatic heterocycles. The van der Waals surface area contributed by atoms with Crippen LogP contribution in [0.1, 0.15) is 26.6 Å². The number of rotatable bonds is 6. The van der Waals surface area contributed by atoms with Gasteiger partial charge in [-0.15, -0.1) is 11.6 Å². The smallest absolute Gasteiger partial charge is 0.259 e. The third-order valence-corrected chi connectivity index (χ3v) is 4.92. The molecule has 0 bridgehead atoms. The zero-order valence-electron chi connectivity index (χ0n) is 11.1. The van der Waals surface area contributed by atoms with Gasteiger partial charge in [0.1, 0.15) is 5.82 Å². The molecule has 1 rings (SSSR count). The van der Waals surface area contributed by atoms with Gasteiger partial charge in [0.2, 0.25) is 0 Å². The number of aryl methyl sites for hydroxylation is 2. The Hall–Kier alpha value is -0.590. The van der Waals surface area contributed by atoms with Gasteiger partial charge in [-0.2, -0.15) is 0 Å². The van der Waals surface area contributed by atoms with Gasteiger partial charge in [-0.3, -0.25) is 0 Å². The van der Waals surface area contributed by atoms with Gasteiger partial charge in [0, 0.05) is 24.7 Å². The largest absolute Gasteiger partial charge is 0.334 e. The molecule has 5 nitrogen and oxygen atoms in total. The fourth-order valence-corrected chi connectivity index (χ4v) is 3.11. The van der Waals surface area contributed by atoms with Gasteiger partial charge in [0.15, 0.2) is 5.03 Å². The van der Waals surface area contributed by atoms with Crippen LogP contribution in [0.3, 0.4) is 0 Å². The molecule has 0 aliphatic rings. The van der Waals surface area contributed by atoms with E-state index in [9.17, 15) is 8.42 Å². The Morgan fingerprint density at radius 3 is 2.56 bits per heavy atom. The van der Waals surface area contributed by atoms with Crippen LogP contribution in [0, 0.1) is 12.8 Å². The maximum absolute atomic E-state index is 12.1. The molecule has 7 heteroatoms. The number of hydrogen-bond acceptors (Lipinski definition) is 3. The van der Waals surface area contributed by atoms with Crippen LogP contribution < -0.4 is 4.72 Å². The van der Waals surface area contributed by atoms with Gasteiger partial charge >= 0.3 is 0 Å². The number of sulfonamides is 1. The molecule has 2 unspecified atom stereocenters. The fourth-order valence-electron chi connectivity index (χ4n) is 1.48. The lowest BCUT2D eigenvalue weighted by Gasteiger charge is -2.18. The van der Waals surface area contributed by atoms with Crippen molar-refractivity contribution < 1.29 is 8.42 Å². The Morgan fingerprint density at radius 1 is 1.50 bits per heavy atom. The predicted octanol–water partition coefficient (Wildman–Crippen LogP) is 1.75. The average Bonchev–Trinajstić information content (AvgIpc) is 2.69. The van der Waals surface area contributed by atoms with Crippen molar-refractivity contribution in [3.63, 3.8) is 0 Å². The summed E-state index contributed by atoms with van der Waals surface area (Å²) in [6.45, 7) is 8.12. The van der Waals surface area contributed by atoms with Crippen LogP contribution in [0.2, 0.25) is 0 Å². The van der Waals surface area contributed by atoms with E-state index in [-0.39, 0.29) is 17.0 Å². The molecule has 0 aliphatic carbocycles. The lowest BCUT2D eigenvalue weighted by molar-refractivity contribution is 0.479. The summed E-state index contributed by atoms with van der Waals surface area (Å²) in [6, 6.07) is -0.223. The lowest BCUT2D eigenvalue weighted by atomic mass is 10.1. The molecule has 1 heterocycles. The summed E-state index contributed by atoms with van der Waals surface area (Å²) in [5.74, 6) is 1.17. The van der Waals surface area contributed by atoms with E-state index in [2.05, 4.69) is 9.71 Å². The Kier molecular flexibility index (Phi) is 5.19. The fraction of sp³-hybridized carbons (Fsp3) is 0.727. The molecule has 18 heavy (non-hydrogen) atoms. The predicted molar refractivity (Wildman–Crippen MR) is 72.3 cm³/mol. The monoisotopic (exact) mass is 293 g/mol. The van der Waals surface area contributed by atoms with Crippen LogP contribution in [0.5, 0.6) is 0 Å². The Bertz CT molecular complexity index is 498. The van der Waals surface area contributed by atoms with E-state index < -0.39 is 10.0 Å². The zero-order chi connectivity index (χ0) is 13.9. The van der Waals surface area contributed by atoms with E-state index >= 15 is 0 Å². The molecule has 0 fully saturated rings. The summed E-state index contributed by atoms with van der Waals surface area (Å²) in [7, 11) is -3.57. The minimum Gasteiger partial charge on any atom is -0.334 e. The summed E-state index contributed by atoms with van der Waals surface area (Å²) in [5, 5.41) is 0.0653. The second-order valence-electron chi connectivity index (χ2n) is 4.45. The van der Waals surface area contributed by atoms with E-state index in [4.69, 9.17) is 11.6 Å². The maximum Gasteiger partial charge on any atom is 0.259 e. The molecule has 0 saturated carbocycles. The molecule has 0 radical (unpaired) electrons. The molecule has 2 atom stereocenters. The SMILES string of the molecule is CCn1cc(S(=O)(=O)NC(C)C(C)CCl)nc1C. The highest BCUT2D eigenvalue weighted by atomic mass is 35.5. The number of halogens is 1. The highest BCUT2D eigenvalue weighted by Crippen LogP contribution is 2.12. The summed E-state index contributed by atoms with van der Waals surface area (Å²) >= 11 is 5.72. The van der Waals surface area contributed by atoms with Crippen LogP contribution in [0.4, 0.5) is 0 Å². The average molecular weight is 294 g/mol. The number of nitrogens with zero attached hydrogens (tertiary/aromatic N) is 2. The van der Waals surface area contributed by atoms with Crippen LogP contribution in [-0.4, -0.2) is 29.9 Å². The van der Waals surface area contributed by atoms with E-state index in [0.29, 0.717) is 18.2 Å². The molecule has 104 valence electrons. The molecule has 1 N–H and O–H groups in total. The van der Waals surface area contributed by atoms with Gasteiger partial charge < -0.3 is 4.57 Å². The van der Waals surface area contributed by atoms with Crippen molar-refractivity contribution in [3.05, 3.63) is 12.0 Å². The van der Waals surface area contributed by atoms with Crippen molar-refractivity contribution in [2.45, 2.75) is 45.3 Å². The van der Waals surface area contributed by atoms with Gasteiger partial charge in [0.05, 0.1) is 0 Å². The highest BCUT2D eigenvalue weighted by Gasteiger charge is 2.23. The van der Waals surface area contributed by atoms with Crippen molar-refractivity contribution in [2.24, 2.45) is 5.92 Å². The number of hydrogen-bond donors (Lipinski definition) is 1. The first-order valence-corrected chi connectivity index (χ1v) is 7.95. The molecular formula is C11H20ClN3O2S. The van der Waals surface area contributed by atoms with Crippen LogP contribution in [0.25, 0.3) is 0 Å². The Morgan fingerprint density at radius 2 is 2.11 bits per heavy atom. The quantitative estimate of drug-likeness (QED) is 0.813. The second-order valence-corrected chi connectivity index (χ2v) is 6.42. The first-order chi connectivity index (χ1) is 8.31. The molecule has 0 amide bonds. The summed E-state index contributed by atoms with van der Waals surface area (Å²) < 4.78 is 28.6. The molecule has 0 spiro atoms. The van der Waals surface area contributed by atoms with E-state index in [1.165, 1.54) is 0 Å². The van der Waals surface area contributed by atoms with Gasteiger partial charge in [-0.05, 0) is 26.7 Å². The minimum absolute atomic E-state index is 0.0653. The normalized spacial score (nSPS) is 15.6. The number of imidazole rings is 1. The number of alkyl halides is 1. The van der Waals surface area contributed by atoms with Gasteiger partial charge in [0.25, 0.3) is 10.0 Å². The molecule has 1 aromatic heterocycles. The molecule has 1 aromatic rings. The molecular weight excluding hydrogens is 274 g/mol. The van der Waals surface area contributed by atoms with Crippen LogP contribution in [0.15, 0.2) is 11.2 Å². The van der Waals surface area contributed by atoms with Crippen molar-refractivity contribution in [2.75, 3.05) is 5.88 Å². The summed E-state index contributed by atoms with van der Waals surface area (Å²) in [4.78, 5) is 4.07. The highest BCUT2D eigenvalue weighted by molar-refractivity contribution is 7.89. The maximum atomic E-state index is 12.1. The number of nitrogens with one attached hydrogen (secondary N) is 1. The number of aromatic nitrogens is 2. The van der Waals surface area contributed by atoms with Crippen molar-refractivity contribution in [1.82, 2.24) is 14.3 Å².